The van der Waals surface area contributed by atoms with Crippen molar-refractivity contribution in [3.63, 3.8) is 0 Å². The maximum absolute atomic E-state index is 13.3. The summed E-state index contributed by atoms with van der Waals surface area (Å²) in [5, 5.41) is 21.9. The van der Waals surface area contributed by atoms with Gasteiger partial charge in [-0.2, -0.15) is 0 Å². The van der Waals surface area contributed by atoms with Crippen LogP contribution in [-0.4, -0.2) is 26.9 Å². The van der Waals surface area contributed by atoms with Crippen molar-refractivity contribution < 1.29 is 19.8 Å². The highest BCUT2D eigenvalue weighted by atomic mass is 16.3. The van der Waals surface area contributed by atoms with Crippen LogP contribution in [0.3, 0.4) is 0 Å². The van der Waals surface area contributed by atoms with Gasteiger partial charge in [0, 0.05) is 18.0 Å². The Morgan fingerprint density at radius 1 is 1.00 bits per heavy atom. The minimum Gasteiger partial charge on any atom is -0.507 e. The van der Waals surface area contributed by atoms with Gasteiger partial charge in [0.1, 0.15) is 11.5 Å². The second-order valence-corrected chi connectivity index (χ2v) is 9.22. The van der Waals surface area contributed by atoms with E-state index < -0.39 is 17.7 Å². The number of para-hydroxylation sites is 2. The molecule has 0 bridgehead atoms. The average molecular weight is 443 g/mol. The van der Waals surface area contributed by atoms with Gasteiger partial charge >= 0.3 is 0 Å². The van der Waals surface area contributed by atoms with Crippen molar-refractivity contribution >= 4 is 23.1 Å². The van der Waals surface area contributed by atoms with Gasteiger partial charge in [-0.1, -0.05) is 45.0 Å². The maximum Gasteiger partial charge on any atom is 0.300 e. The van der Waals surface area contributed by atoms with Crippen LogP contribution in [0.25, 0.3) is 5.76 Å². The predicted molar refractivity (Wildman–Crippen MR) is 127 cm³/mol. The first-order valence-corrected chi connectivity index (χ1v) is 10.7. The van der Waals surface area contributed by atoms with Crippen LogP contribution >= 0.6 is 0 Å². The molecule has 1 amide bonds. The molecular weight excluding hydrogens is 416 g/mol. The molecule has 6 nitrogen and oxygen atoms in total. The lowest BCUT2D eigenvalue weighted by Crippen LogP contribution is -2.29. The average Bonchev–Trinajstić information content (AvgIpc) is 3.04. The number of rotatable bonds is 3. The van der Waals surface area contributed by atoms with Crippen LogP contribution in [0.4, 0.5) is 5.69 Å². The molecule has 0 saturated carbocycles. The summed E-state index contributed by atoms with van der Waals surface area (Å²) >= 11 is 0. The van der Waals surface area contributed by atoms with Crippen molar-refractivity contribution in [2.75, 3.05) is 4.90 Å². The number of aliphatic hydroxyl groups excluding tert-OH is 1. The molecule has 0 aliphatic carbocycles. The zero-order valence-electron chi connectivity index (χ0n) is 19.0. The summed E-state index contributed by atoms with van der Waals surface area (Å²) < 4.78 is 0. The minimum atomic E-state index is -0.918. The largest absolute Gasteiger partial charge is 0.507 e. The van der Waals surface area contributed by atoms with Gasteiger partial charge in [0.25, 0.3) is 11.7 Å². The fourth-order valence-corrected chi connectivity index (χ4v) is 4.10. The second-order valence-electron chi connectivity index (χ2n) is 9.22. The van der Waals surface area contributed by atoms with E-state index in [-0.39, 0.29) is 28.2 Å². The molecule has 2 aromatic carbocycles. The molecule has 0 radical (unpaired) electrons. The number of aliphatic hydroxyl groups is 1. The number of Topliss-reactive ketones (excluding diaryl/α,β-unsaturated/α-hetero) is 1. The maximum atomic E-state index is 13.3. The van der Waals surface area contributed by atoms with Crippen molar-refractivity contribution in [2.24, 2.45) is 0 Å². The number of hydrogen-bond acceptors (Lipinski definition) is 5. The van der Waals surface area contributed by atoms with E-state index >= 15 is 0 Å². The van der Waals surface area contributed by atoms with E-state index in [1.807, 2.05) is 25.1 Å². The number of aromatic hydroxyl groups is 1. The fraction of sp³-hybridized carbons (Fsp3) is 0.222. The number of aromatic nitrogens is 1. The number of benzene rings is 2. The third-order valence-electron chi connectivity index (χ3n) is 5.97. The van der Waals surface area contributed by atoms with Gasteiger partial charge in [-0.3, -0.25) is 19.5 Å². The first-order valence-electron chi connectivity index (χ1n) is 10.7. The lowest BCUT2D eigenvalue weighted by molar-refractivity contribution is -0.132. The highest BCUT2D eigenvalue weighted by Crippen LogP contribution is 2.45. The molecule has 1 fully saturated rings. The molecule has 3 aromatic rings. The molecule has 2 N–H and O–H groups in total. The Morgan fingerprint density at radius 2 is 1.67 bits per heavy atom. The molecule has 1 atom stereocenters. The van der Waals surface area contributed by atoms with E-state index in [1.165, 1.54) is 11.0 Å². The molecule has 168 valence electrons. The molecule has 1 aliphatic heterocycles. The number of aryl methyl sites for hydroxylation is 1. The van der Waals surface area contributed by atoms with Crippen LogP contribution in [0, 0.1) is 6.92 Å². The monoisotopic (exact) mass is 442 g/mol. The molecular formula is C27H26N2O4. The molecule has 1 unspecified atom stereocenters. The third kappa shape index (κ3) is 3.89. The van der Waals surface area contributed by atoms with Gasteiger partial charge in [-0.05, 0) is 59.4 Å². The summed E-state index contributed by atoms with van der Waals surface area (Å²) in [5.41, 5.74) is 2.86. The van der Waals surface area contributed by atoms with E-state index in [2.05, 4.69) is 25.8 Å². The zero-order valence-corrected chi connectivity index (χ0v) is 19.0. The molecule has 1 aromatic heterocycles. The number of nitrogens with zero attached hydrogens (tertiary/aromatic N) is 2. The molecule has 4 rings (SSSR count). The topological polar surface area (TPSA) is 90.7 Å². The standard InChI is InChI=1S/C27H26N2O4/c1-16-9-10-18(27(2,3)4)15-19(16)24(31)22-23(17-11-13-28-14-12-17)29(26(33)25(22)32)20-7-5-6-8-21(20)30/h5-15,23,30-31H,1-4H3/b24-22+. The number of hydrogen-bond donors (Lipinski definition) is 2. The SMILES string of the molecule is Cc1ccc(C(C)(C)C)cc1/C(O)=C1\C(=O)C(=O)N(c2ccccc2O)C1c1ccncc1. The fourth-order valence-electron chi connectivity index (χ4n) is 4.10. The predicted octanol–water partition coefficient (Wildman–Crippen LogP) is 5.02. The van der Waals surface area contributed by atoms with Crippen molar-refractivity contribution in [3.8, 4) is 5.75 Å². The highest BCUT2D eigenvalue weighted by molar-refractivity contribution is 6.52. The van der Waals surface area contributed by atoms with Gasteiger partial charge in [0.05, 0.1) is 17.3 Å². The lowest BCUT2D eigenvalue weighted by atomic mass is 9.84. The van der Waals surface area contributed by atoms with E-state index in [1.54, 1.807) is 42.7 Å². The summed E-state index contributed by atoms with van der Waals surface area (Å²) in [6.45, 7) is 8.04. The first kappa shape index (κ1) is 22.3. The summed E-state index contributed by atoms with van der Waals surface area (Å²) in [4.78, 5) is 31.8. The Balaban J connectivity index is 1.99. The van der Waals surface area contributed by atoms with Gasteiger partial charge in [-0.15, -0.1) is 0 Å². The second kappa shape index (κ2) is 8.20. The van der Waals surface area contributed by atoms with Gasteiger partial charge in [0.2, 0.25) is 0 Å². The molecule has 2 heterocycles. The molecule has 33 heavy (non-hydrogen) atoms. The normalized spacial score (nSPS) is 18.1. The molecule has 6 heteroatoms. The quantitative estimate of drug-likeness (QED) is 0.338. The number of carbonyl (C=O) groups excluding carboxylic acids is 2. The Kier molecular flexibility index (Phi) is 5.54. The number of anilines is 1. The van der Waals surface area contributed by atoms with Crippen molar-refractivity contribution in [3.05, 3.63) is 94.8 Å². The Bertz CT molecular complexity index is 1270. The van der Waals surface area contributed by atoms with Crippen molar-refractivity contribution in [1.29, 1.82) is 0 Å². The van der Waals surface area contributed by atoms with Crippen molar-refractivity contribution in [2.45, 2.75) is 39.2 Å². The number of phenolic OH excluding ortho intramolecular Hbond substituents is 1. The number of amides is 1. The summed E-state index contributed by atoms with van der Waals surface area (Å²) in [6.07, 6.45) is 3.12. The Hall–Kier alpha value is -3.93. The Labute approximate surface area is 192 Å². The third-order valence-corrected chi connectivity index (χ3v) is 5.97. The van der Waals surface area contributed by atoms with E-state index in [9.17, 15) is 19.8 Å². The summed E-state index contributed by atoms with van der Waals surface area (Å²) in [5.74, 6) is -2.00. The molecule has 0 spiro atoms. The smallest absolute Gasteiger partial charge is 0.300 e. The van der Waals surface area contributed by atoms with Gasteiger partial charge in [-0.25, -0.2) is 0 Å². The van der Waals surface area contributed by atoms with Crippen LogP contribution in [0.15, 0.2) is 72.6 Å². The number of ketones is 1. The zero-order chi connectivity index (χ0) is 23.9. The van der Waals surface area contributed by atoms with E-state index in [4.69, 9.17) is 0 Å². The van der Waals surface area contributed by atoms with E-state index in [0.29, 0.717) is 11.1 Å². The first-order chi connectivity index (χ1) is 15.6. The molecule has 1 saturated heterocycles. The molecule has 1 aliphatic rings. The van der Waals surface area contributed by atoms with Crippen molar-refractivity contribution in [1.82, 2.24) is 4.98 Å². The Morgan fingerprint density at radius 3 is 2.30 bits per heavy atom. The van der Waals surface area contributed by atoms with Crippen LogP contribution in [0.1, 0.15) is 49.1 Å². The van der Waals surface area contributed by atoms with E-state index in [0.717, 1.165) is 11.1 Å². The van der Waals surface area contributed by atoms with Crippen LogP contribution in [-0.2, 0) is 15.0 Å². The van der Waals surface area contributed by atoms with Crippen LogP contribution in [0.2, 0.25) is 0 Å². The van der Waals surface area contributed by atoms with Gasteiger partial charge in [0.15, 0.2) is 0 Å². The number of phenols is 1. The summed E-state index contributed by atoms with van der Waals surface area (Å²) in [6, 6.07) is 14.6. The summed E-state index contributed by atoms with van der Waals surface area (Å²) in [7, 11) is 0. The lowest BCUT2D eigenvalue weighted by Gasteiger charge is -2.26. The van der Waals surface area contributed by atoms with Gasteiger partial charge < -0.3 is 10.2 Å². The van der Waals surface area contributed by atoms with Crippen LogP contribution < -0.4 is 4.90 Å². The highest BCUT2D eigenvalue weighted by Gasteiger charge is 2.47. The number of pyridine rings is 1. The minimum absolute atomic E-state index is 0.0244. The van der Waals surface area contributed by atoms with Crippen LogP contribution in [0.5, 0.6) is 5.75 Å². The number of carbonyl (C=O) groups is 2.